The number of nitrogen functional groups attached to an aromatic ring is 1. The summed E-state index contributed by atoms with van der Waals surface area (Å²) in [6, 6.07) is 19.2. The van der Waals surface area contributed by atoms with Crippen LogP contribution in [0, 0.1) is 0 Å². The molecular formula is C19H15N3O3. The van der Waals surface area contributed by atoms with Gasteiger partial charge in [-0.05, 0) is 35.0 Å². The Kier molecular flexibility index (Phi) is 4.43. The molecule has 0 fully saturated rings. The van der Waals surface area contributed by atoms with E-state index in [1.54, 1.807) is 24.3 Å². The van der Waals surface area contributed by atoms with E-state index in [0.29, 0.717) is 5.69 Å². The van der Waals surface area contributed by atoms with Crippen molar-refractivity contribution in [2.75, 3.05) is 11.1 Å². The molecule has 0 saturated heterocycles. The molecule has 124 valence electrons. The number of carbonyl (C=O) groups excluding carboxylic acids is 3. The van der Waals surface area contributed by atoms with Gasteiger partial charge in [-0.3, -0.25) is 19.7 Å². The number of nitrogens with two attached hydrogens (primary N) is 1. The maximum absolute atomic E-state index is 12.0. The van der Waals surface area contributed by atoms with E-state index in [-0.39, 0.29) is 11.3 Å². The Labute approximate surface area is 143 Å². The molecule has 3 rings (SSSR count). The van der Waals surface area contributed by atoms with Crippen molar-refractivity contribution in [3.8, 4) is 0 Å². The van der Waals surface area contributed by atoms with Gasteiger partial charge in [0.05, 0.1) is 5.56 Å². The summed E-state index contributed by atoms with van der Waals surface area (Å²) in [5.74, 6) is -2.71. The third-order valence-corrected chi connectivity index (χ3v) is 3.65. The molecule has 0 saturated carbocycles. The molecule has 0 bridgehead atoms. The second-order valence-corrected chi connectivity index (χ2v) is 5.39. The van der Waals surface area contributed by atoms with E-state index in [9.17, 15) is 14.4 Å². The van der Waals surface area contributed by atoms with E-state index in [1.807, 2.05) is 35.6 Å². The lowest BCUT2D eigenvalue weighted by atomic mass is 10.1. The Balaban J connectivity index is 1.68. The first kappa shape index (κ1) is 16.2. The average Bonchev–Trinajstić information content (AvgIpc) is 2.61. The van der Waals surface area contributed by atoms with E-state index >= 15 is 0 Å². The van der Waals surface area contributed by atoms with Crippen LogP contribution in [0.5, 0.6) is 0 Å². The Morgan fingerprint density at radius 1 is 0.760 bits per heavy atom. The lowest BCUT2D eigenvalue weighted by molar-refractivity contribution is -0.135. The molecule has 6 nitrogen and oxygen atoms in total. The maximum Gasteiger partial charge on any atom is 0.316 e. The first-order valence-corrected chi connectivity index (χ1v) is 7.54. The van der Waals surface area contributed by atoms with E-state index in [1.165, 1.54) is 12.1 Å². The number of benzene rings is 3. The van der Waals surface area contributed by atoms with Gasteiger partial charge in [-0.1, -0.05) is 42.5 Å². The van der Waals surface area contributed by atoms with Crippen LogP contribution >= 0.6 is 0 Å². The highest BCUT2D eigenvalue weighted by molar-refractivity contribution is 6.42. The van der Waals surface area contributed by atoms with Crippen LogP contribution in [0.1, 0.15) is 10.4 Å². The van der Waals surface area contributed by atoms with Crippen molar-refractivity contribution >= 4 is 39.9 Å². The fourth-order valence-electron chi connectivity index (χ4n) is 2.39. The minimum absolute atomic E-state index is 0.134. The van der Waals surface area contributed by atoms with Crippen molar-refractivity contribution in [3.05, 3.63) is 72.3 Å². The maximum atomic E-state index is 12.0. The minimum atomic E-state index is -1.05. The zero-order chi connectivity index (χ0) is 17.8. The molecule has 0 aliphatic rings. The Morgan fingerprint density at radius 2 is 1.44 bits per heavy atom. The minimum Gasteiger partial charge on any atom is -0.398 e. The standard InChI is InChI=1S/C19H15N3O3/c20-16-8-4-3-7-15(16)17(23)22-19(25)18(24)21-14-10-9-12-5-1-2-6-13(12)11-14/h1-11H,20H2,(H,21,24)(H,22,23,25). The largest absolute Gasteiger partial charge is 0.398 e. The third-order valence-electron chi connectivity index (χ3n) is 3.65. The highest BCUT2D eigenvalue weighted by Gasteiger charge is 2.19. The molecule has 0 spiro atoms. The highest BCUT2D eigenvalue weighted by Crippen LogP contribution is 2.18. The van der Waals surface area contributed by atoms with Gasteiger partial charge in [-0.25, -0.2) is 0 Å². The van der Waals surface area contributed by atoms with Crippen molar-refractivity contribution in [2.45, 2.75) is 0 Å². The predicted molar refractivity (Wildman–Crippen MR) is 95.9 cm³/mol. The van der Waals surface area contributed by atoms with Crippen LogP contribution in [0.3, 0.4) is 0 Å². The van der Waals surface area contributed by atoms with Crippen molar-refractivity contribution in [1.29, 1.82) is 0 Å². The zero-order valence-electron chi connectivity index (χ0n) is 13.2. The van der Waals surface area contributed by atoms with Crippen molar-refractivity contribution in [3.63, 3.8) is 0 Å². The average molecular weight is 333 g/mol. The van der Waals surface area contributed by atoms with Crippen LogP contribution in [-0.2, 0) is 9.59 Å². The van der Waals surface area contributed by atoms with Crippen LogP contribution in [0.25, 0.3) is 10.8 Å². The van der Waals surface area contributed by atoms with Gasteiger partial charge in [0.15, 0.2) is 0 Å². The molecule has 3 aromatic rings. The van der Waals surface area contributed by atoms with Gasteiger partial charge in [0.2, 0.25) is 0 Å². The summed E-state index contributed by atoms with van der Waals surface area (Å²) in [5.41, 5.74) is 6.50. The van der Waals surface area contributed by atoms with Gasteiger partial charge in [-0.15, -0.1) is 0 Å². The van der Waals surface area contributed by atoms with Crippen LogP contribution in [0.2, 0.25) is 0 Å². The molecule has 0 aromatic heterocycles. The van der Waals surface area contributed by atoms with Gasteiger partial charge >= 0.3 is 11.8 Å². The van der Waals surface area contributed by atoms with Gasteiger partial charge < -0.3 is 11.1 Å². The summed E-state index contributed by atoms with van der Waals surface area (Å²) in [4.78, 5) is 35.9. The van der Waals surface area contributed by atoms with Gasteiger partial charge in [-0.2, -0.15) is 0 Å². The second-order valence-electron chi connectivity index (χ2n) is 5.39. The fourth-order valence-corrected chi connectivity index (χ4v) is 2.39. The summed E-state index contributed by atoms with van der Waals surface area (Å²) in [7, 11) is 0. The van der Waals surface area contributed by atoms with Gasteiger partial charge in [0, 0.05) is 11.4 Å². The van der Waals surface area contributed by atoms with E-state index in [2.05, 4.69) is 5.32 Å². The number of rotatable bonds is 2. The molecule has 0 atom stereocenters. The molecule has 0 heterocycles. The normalized spacial score (nSPS) is 10.2. The van der Waals surface area contributed by atoms with Gasteiger partial charge in [0.25, 0.3) is 5.91 Å². The van der Waals surface area contributed by atoms with E-state index in [4.69, 9.17) is 5.73 Å². The number of nitrogens with one attached hydrogen (secondary N) is 2. The fraction of sp³-hybridized carbons (Fsp3) is 0. The molecule has 0 unspecified atom stereocenters. The lowest BCUT2D eigenvalue weighted by Gasteiger charge is -2.08. The summed E-state index contributed by atoms with van der Waals surface area (Å²) >= 11 is 0. The number of hydrogen-bond donors (Lipinski definition) is 3. The van der Waals surface area contributed by atoms with E-state index in [0.717, 1.165) is 10.8 Å². The smallest absolute Gasteiger partial charge is 0.316 e. The first-order valence-electron chi connectivity index (χ1n) is 7.54. The summed E-state index contributed by atoms with van der Waals surface area (Å²) in [6.07, 6.45) is 0. The van der Waals surface area contributed by atoms with Crippen LogP contribution < -0.4 is 16.4 Å². The number of imide groups is 1. The Morgan fingerprint density at radius 3 is 2.20 bits per heavy atom. The summed E-state index contributed by atoms with van der Waals surface area (Å²) in [5, 5.41) is 6.43. The van der Waals surface area contributed by atoms with E-state index < -0.39 is 17.7 Å². The molecular weight excluding hydrogens is 318 g/mol. The highest BCUT2D eigenvalue weighted by atomic mass is 16.2. The van der Waals surface area contributed by atoms with Gasteiger partial charge in [0.1, 0.15) is 0 Å². The number of amides is 3. The number of para-hydroxylation sites is 1. The Bertz CT molecular complexity index is 982. The van der Waals surface area contributed by atoms with Crippen molar-refractivity contribution in [1.82, 2.24) is 5.32 Å². The molecule has 3 amide bonds. The van der Waals surface area contributed by atoms with Crippen molar-refractivity contribution in [2.24, 2.45) is 0 Å². The second kappa shape index (κ2) is 6.84. The molecule has 25 heavy (non-hydrogen) atoms. The zero-order valence-corrected chi connectivity index (χ0v) is 13.2. The predicted octanol–water partition coefficient (Wildman–Crippen LogP) is 2.32. The molecule has 3 aromatic carbocycles. The number of carbonyl (C=O) groups is 3. The number of fused-ring (bicyclic) bond motifs is 1. The topological polar surface area (TPSA) is 101 Å². The lowest BCUT2D eigenvalue weighted by Crippen LogP contribution is -2.39. The first-order chi connectivity index (χ1) is 12.0. The molecule has 4 N–H and O–H groups in total. The number of anilines is 2. The molecule has 6 heteroatoms. The SMILES string of the molecule is Nc1ccccc1C(=O)NC(=O)C(=O)Nc1ccc2ccccc2c1. The molecule has 0 aliphatic carbocycles. The molecule has 0 aliphatic heterocycles. The monoisotopic (exact) mass is 333 g/mol. The van der Waals surface area contributed by atoms with Crippen LogP contribution in [0.15, 0.2) is 66.7 Å². The quantitative estimate of drug-likeness (QED) is 0.495. The van der Waals surface area contributed by atoms with Crippen molar-refractivity contribution < 1.29 is 14.4 Å². The number of hydrogen-bond acceptors (Lipinski definition) is 4. The van der Waals surface area contributed by atoms with Crippen LogP contribution in [0.4, 0.5) is 11.4 Å². The summed E-state index contributed by atoms with van der Waals surface area (Å²) in [6.45, 7) is 0. The third kappa shape index (κ3) is 3.64. The Hall–Kier alpha value is -3.67. The molecule has 0 radical (unpaired) electrons. The van der Waals surface area contributed by atoms with Crippen LogP contribution in [-0.4, -0.2) is 17.7 Å². The summed E-state index contributed by atoms with van der Waals surface area (Å²) < 4.78 is 0.